The minimum absolute atomic E-state index is 0.165. The maximum absolute atomic E-state index is 12.6. The summed E-state index contributed by atoms with van der Waals surface area (Å²) in [5.74, 6) is -0.359. The van der Waals surface area contributed by atoms with E-state index in [1.54, 1.807) is 17.9 Å². The van der Waals surface area contributed by atoms with Gasteiger partial charge in [0.05, 0.1) is 0 Å². The highest BCUT2D eigenvalue weighted by atomic mass is 16.2. The van der Waals surface area contributed by atoms with Gasteiger partial charge in [-0.2, -0.15) is 0 Å². The zero-order valence-electron chi connectivity index (χ0n) is 14.7. The lowest BCUT2D eigenvalue weighted by Crippen LogP contribution is -2.45. The average molecular weight is 336 g/mol. The van der Waals surface area contributed by atoms with Gasteiger partial charge in [-0.15, -0.1) is 0 Å². The minimum atomic E-state index is -0.548. The van der Waals surface area contributed by atoms with E-state index in [9.17, 15) is 9.59 Å². The highest BCUT2D eigenvalue weighted by Crippen LogP contribution is 2.10. The van der Waals surface area contributed by atoms with Crippen LogP contribution in [-0.2, 0) is 9.59 Å². The molecule has 4 nitrogen and oxygen atoms in total. The fraction of sp³-hybridized carbons (Fsp3) is 0.238. The van der Waals surface area contributed by atoms with Gasteiger partial charge >= 0.3 is 0 Å². The van der Waals surface area contributed by atoms with E-state index in [0.29, 0.717) is 6.54 Å². The van der Waals surface area contributed by atoms with Crippen LogP contribution in [0.15, 0.2) is 66.7 Å². The maximum Gasteiger partial charge on any atom is 0.247 e. The summed E-state index contributed by atoms with van der Waals surface area (Å²) in [7, 11) is 0. The number of amides is 2. The second-order valence-electron chi connectivity index (χ2n) is 5.81. The lowest BCUT2D eigenvalue weighted by molar-refractivity contribution is -0.134. The molecule has 0 aliphatic rings. The van der Waals surface area contributed by atoms with Crippen molar-refractivity contribution in [1.82, 2.24) is 4.90 Å². The third-order valence-corrected chi connectivity index (χ3v) is 3.85. The van der Waals surface area contributed by atoms with Crippen molar-refractivity contribution in [3.8, 4) is 0 Å². The standard InChI is InChI=1S/C21H24N2O2/c1-3-16-23(20(24)15-14-18-10-6-4-7-11-18)17(2)21(25)22-19-12-8-5-9-13-19/h4-15,17H,3,16H2,1-2H3,(H,22,25)/b15-14+. The molecule has 2 amide bonds. The first kappa shape index (κ1) is 18.5. The predicted octanol–water partition coefficient (Wildman–Crippen LogP) is 3.97. The Balaban J connectivity index is 2.06. The fourth-order valence-corrected chi connectivity index (χ4v) is 2.47. The van der Waals surface area contributed by atoms with E-state index in [2.05, 4.69) is 5.32 Å². The second kappa shape index (κ2) is 9.42. The van der Waals surface area contributed by atoms with Crippen LogP contribution in [0.4, 0.5) is 5.69 Å². The molecule has 2 aromatic carbocycles. The molecule has 0 aliphatic heterocycles. The van der Waals surface area contributed by atoms with E-state index < -0.39 is 6.04 Å². The Bertz CT molecular complexity index is 711. The Morgan fingerprint density at radius 3 is 2.24 bits per heavy atom. The van der Waals surface area contributed by atoms with Gasteiger partial charge in [-0.25, -0.2) is 0 Å². The van der Waals surface area contributed by atoms with Crippen LogP contribution in [0.5, 0.6) is 0 Å². The molecule has 25 heavy (non-hydrogen) atoms. The predicted molar refractivity (Wildman–Crippen MR) is 102 cm³/mol. The molecule has 130 valence electrons. The lowest BCUT2D eigenvalue weighted by Gasteiger charge is -2.27. The van der Waals surface area contributed by atoms with Crippen molar-refractivity contribution in [3.63, 3.8) is 0 Å². The molecule has 0 bridgehead atoms. The summed E-state index contributed by atoms with van der Waals surface area (Å²) in [5.41, 5.74) is 1.68. The Kier molecular flexibility index (Phi) is 6.96. The molecule has 1 N–H and O–H groups in total. The molecule has 1 atom stereocenters. The largest absolute Gasteiger partial charge is 0.327 e. The number of nitrogens with one attached hydrogen (secondary N) is 1. The fourth-order valence-electron chi connectivity index (χ4n) is 2.47. The van der Waals surface area contributed by atoms with E-state index in [0.717, 1.165) is 17.7 Å². The average Bonchev–Trinajstić information content (AvgIpc) is 2.65. The van der Waals surface area contributed by atoms with Crippen LogP contribution in [-0.4, -0.2) is 29.3 Å². The quantitative estimate of drug-likeness (QED) is 0.778. The molecule has 0 heterocycles. The summed E-state index contributed by atoms with van der Waals surface area (Å²) in [6.07, 6.45) is 4.08. The number of hydrogen-bond acceptors (Lipinski definition) is 2. The molecule has 1 unspecified atom stereocenters. The van der Waals surface area contributed by atoms with E-state index in [4.69, 9.17) is 0 Å². The number of rotatable bonds is 7. The topological polar surface area (TPSA) is 49.4 Å². The van der Waals surface area contributed by atoms with E-state index in [1.807, 2.05) is 67.6 Å². The zero-order chi connectivity index (χ0) is 18.1. The lowest BCUT2D eigenvalue weighted by atomic mass is 10.2. The molecule has 0 spiro atoms. The molecule has 0 aliphatic carbocycles. The van der Waals surface area contributed by atoms with Crippen molar-refractivity contribution in [1.29, 1.82) is 0 Å². The molecule has 2 rings (SSSR count). The van der Waals surface area contributed by atoms with E-state index in [1.165, 1.54) is 6.08 Å². The highest BCUT2D eigenvalue weighted by Gasteiger charge is 2.23. The first-order valence-corrected chi connectivity index (χ1v) is 8.51. The molecule has 0 saturated carbocycles. The second-order valence-corrected chi connectivity index (χ2v) is 5.81. The van der Waals surface area contributed by atoms with Gasteiger partial charge in [0.15, 0.2) is 0 Å². The summed E-state index contributed by atoms with van der Waals surface area (Å²) >= 11 is 0. The van der Waals surface area contributed by atoms with Gasteiger partial charge < -0.3 is 10.2 Å². The van der Waals surface area contributed by atoms with Crippen LogP contribution in [0.1, 0.15) is 25.8 Å². The molecule has 4 heteroatoms. The van der Waals surface area contributed by atoms with Crippen molar-refractivity contribution in [2.45, 2.75) is 26.3 Å². The first-order chi connectivity index (χ1) is 12.1. The normalized spacial score (nSPS) is 11.9. The van der Waals surface area contributed by atoms with Gasteiger partial charge in [-0.1, -0.05) is 55.5 Å². The zero-order valence-corrected chi connectivity index (χ0v) is 14.7. The van der Waals surface area contributed by atoms with Gasteiger partial charge in [-0.05, 0) is 37.1 Å². The number of nitrogens with zero attached hydrogens (tertiary/aromatic N) is 1. The van der Waals surface area contributed by atoms with Gasteiger partial charge in [0.1, 0.15) is 6.04 Å². The minimum Gasteiger partial charge on any atom is -0.327 e. The van der Waals surface area contributed by atoms with Crippen molar-refractivity contribution >= 4 is 23.6 Å². The third kappa shape index (κ3) is 5.60. The van der Waals surface area contributed by atoms with E-state index >= 15 is 0 Å². The smallest absolute Gasteiger partial charge is 0.247 e. The maximum atomic E-state index is 12.6. The van der Waals surface area contributed by atoms with Crippen LogP contribution in [0.2, 0.25) is 0 Å². The summed E-state index contributed by atoms with van der Waals surface area (Å²) in [6, 6.07) is 18.3. The van der Waals surface area contributed by atoms with Crippen LogP contribution >= 0.6 is 0 Å². The van der Waals surface area contributed by atoms with Crippen LogP contribution in [0.25, 0.3) is 6.08 Å². The molecule has 0 radical (unpaired) electrons. The number of carbonyl (C=O) groups is 2. The molecule has 0 aromatic heterocycles. The molecular weight excluding hydrogens is 312 g/mol. The Morgan fingerprint density at radius 1 is 1.04 bits per heavy atom. The van der Waals surface area contributed by atoms with Gasteiger partial charge in [0.2, 0.25) is 11.8 Å². The van der Waals surface area contributed by atoms with Crippen molar-refractivity contribution < 1.29 is 9.59 Å². The summed E-state index contributed by atoms with van der Waals surface area (Å²) < 4.78 is 0. The summed E-state index contributed by atoms with van der Waals surface area (Å²) in [5, 5.41) is 2.85. The van der Waals surface area contributed by atoms with Crippen LogP contribution in [0.3, 0.4) is 0 Å². The summed E-state index contributed by atoms with van der Waals surface area (Å²) in [4.78, 5) is 26.6. The van der Waals surface area contributed by atoms with Gasteiger partial charge in [0.25, 0.3) is 0 Å². The Hall–Kier alpha value is -2.88. The van der Waals surface area contributed by atoms with Crippen molar-refractivity contribution in [2.24, 2.45) is 0 Å². The first-order valence-electron chi connectivity index (χ1n) is 8.51. The van der Waals surface area contributed by atoms with Crippen molar-refractivity contribution in [3.05, 3.63) is 72.3 Å². The Labute approximate surface area is 149 Å². The number of anilines is 1. The highest BCUT2D eigenvalue weighted by molar-refractivity contribution is 5.99. The number of carbonyl (C=O) groups excluding carboxylic acids is 2. The monoisotopic (exact) mass is 336 g/mol. The SMILES string of the molecule is CCCN(C(=O)/C=C/c1ccccc1)C(C)C(=O)Nc1ccccc1. The van der Waals surface area contributed by atoms with E-state index in [-0.39, 0.29) is 11.8 Å². The Morgan fingerprint density at radius 2 is 1.64 bits per heavy atom. The summed E-state index contributed by atoms with van der Waals surface area (Å²) in [6.45, 7) is 4.27. The molecule has 0 fully saturated rings. The molecular formula is C21H24N2O2. The van der Waals surface area contributed by atoms with Gasteiger partial charge in [-0.3, -0.25) is 9.59 Å². The third-order valence-electron chi connectivity index (χ3n) is 3.85. The molecule has 0 saturated heterocycles. The van der Waals surface area contributed by atoms with Crippen LogP contribution in [0, 0.1) is 0 Å². The van der Waals surface area contributed by atoms with Crippen molar-refractivity contribution in [2.75, 3.05) is 11.9 Å². The van der Waals surface area contributed by atoms with Gasteiger partial charge in [0, 0.05) is 18.3 Å². The van der Waals surface area contributed by atoms with Crippen LogP contribution < -0.4 is 5.32 Å². The number of benzene rings is 2. The molecule has 2 aromatic rings. The number of hydrogen-bond donors (Lipinski definition) is 1. The number of para-hydroxylation sites is 1.